The van der Waals surface area contributed by atoms with E-state index in [1.54, 1.807) is 13.8 Å². The standard InChI is InChI=1S/C13H14N2O3/c1-3-4-5-8-14-13(16)11-6-7-12(15(17)18)10(2)9-11/h6-7,9H,5,8H2,1-2H3,(H,14,16). The summed E-state index contributed by atoms with van der Waals surface area (Å²) in [6.07, 6.45) is 0.591. The number of nitrogens with zero attached hydrogens (tertiary/aromatic N) is 1. The van der Waals surface area contributed by atoms with Gasteiger partial charge in [0.1, 0.15) is 0 Å². The molecule has 1 aromatic carbocycles. The van der Waals surface area contributed by atoms with E-state index in [-0.39, 0.29) is 11.6 Å². The Morgan fingerprint density at radius 2 is 2.22 bits per heavy atom. The summed E-state index contributed by atoms with van der Waals surface area (Å²) < 4.78 is 0. The Hall–Kier alpha value is -2.35. The first-order valence-corrected chi connectivity index (χ1v) is 5.49. The lowest BCUT2D eigenvalue weighted by Crippen LogP contribution is -2.24. The van der Waals surface area contributed by atoms with Crippen LogP contribution < -0.4 is 5.32 Å². The molecule has 1 amide bonds. The van der Waals surface area contributed by atoms with E-state index >= 15 is 0 Å². The van der Waals surface area contributed by atoms with Gasteiger partial charge in [-0.1, -0.05) is 0 Å². The monoisotopic (exact) mass is 246 g/mol. The second-order valence-corrected chi connectivity index (χ2v) is 3.69. The van der Waals surface area contributed by atoms with Crippen LogP contribution in [0, 0.1) is 28.9 Å². The molecule has 1 aromatic rings. The van der Waals surface area contributed by atoms with Crippen LogP contribution in [0.25, 0.3) is 0 Å². The Kier molecular flexibility index (Phi) is 4.88. The van der Waals surface area contributed by atoms with E-state index in [4.69, 9.17) is 0 Å². The molecule has 18 heavy (non-hydrogen) atoms. The largest absolute Gasteiger partial charge is 0.351 e. The second kappa shape index (κ2) is 6.40. The van der Waals surface area contributed by atoms with E-state index < -0.39 is 4.92 Å². The van der Waals surface area contributed by atoms with Gasteiger partial charge in [0.2, 0.25) is 0 Å². The van der Waals surface area contributed by atoms with Crippen LogP contribution in [0.3, 0.4) is 0 Å². The Bertz CT molecular complexity index is 527. The van der Waals surface area contributed by atoms with Gasteiger partial charge in [0, 0.05) is 30.2 Å². The van der Waals surface area contributed by atoms with Crippen molar-refractivity contribution in [3.8, 4) is 11.8 Å². The number of carbonyl (C=O) groups excluding carboxylic acids is 1. The van der Waals surface area contributed by atoms with Gasteiger partial charge in [-0.2, -0.15) is 0 Å². The molecule has 1 rings (SSSR count). The zero-order valence-electron chi connectivity index (χ0n) is 10.3. The zero-order valence-corrected chi connectivity index (χ0v) is 10.3. The molecule has 5 nitrogen and oxygen atoms in total. The minimum atomic E-state index is -0.464. The third-order valence-electron chi connectivity index (χ3n) is 2.37. The summed E-state index contributed by atoms with van der Waals surface area (Å²) in [4.78, 5) is 21.9. The van der Waals surface area contributed by atoms with Gasteiger partial charge in [-0.3, -0.25) is 14.9 Å². The van der Waals surface area contributed by atoms with Crippen LogP contribution in [-0.2, 0) is 0 Å². The molecule has 1 N–H and O–H groups in total. The molecule has 0 fully saturated rings. The molecule has 0 atom stereocenters. The highest BCUT2D eigenvalue weighted by atomic mass is 16.6. The molecule has 0 aliphatic heterocycles. The molecular formula is C13H14N2O3. The van der Waals surface area contributed by atoms with Crippen molar-refractivity contribution in [3.05, 3.63) is 39.4 Å². The van der Waals surface area contributed by atoms with E-state index in [2.05, 4.69) is 17.2 Å². The third kappa shape index (κ3) is 3.59. The first-order chi connectivity index (χ1) is 8.56. The van der Waals surface area contributed by atoms with Gasteiger partial charge < -0.3 is 5.32 Å². The topological polar surface area (TPSA) is 72.2 Å². The molecular weight excluding hydrogens is 232 g/mol. The van der Waals surface area contributed by atoms with E-state index in [1.165, 1.54) is 18.2 Å². The highest BCUT2D eigenvalue weighted by Crippen LogP contribution is 2.18. The number of aryl methyl sites for hydroxylation is 1. The van der Waals surface area contributed by atoms with Gasteiger partial charge in [-0.15, -0.1) is 11.8 Å². The van der Waals surface area contributed by atoms with Gasteiger partial charge in [0.25, 0.3) is 11.6 Å². The van der Waals surface area contributed by atoms with Crippen molar-refractivity contribution in [1.29, 1.82) is 0 Å². The van der Waals surface area contributed by atoms with Crippen LogP contribution in [0.15, 0.2) is 18.2 Å². The molecule has 0 saturated carbocycles. The van der Waals surface area contributed by atoms with Crippen molar-refractivity contribution in [2.45, 2.75) is 20.3 Å². The van der Waals surface area contributed by atoms with Crippen molar-refractivity contribution < 1.29 is 9.72 Å². The number of nitro groups is 1. The Labute approximate surface area is 105 Å². The summed E-state index contributed by atoms with van der Waals surface area (Å²) in [7, 11) is 0. The van der Waals surface area contributed by atoms with Crippen molar-refractivity contribution in [1.82, 2.24) is 5.32 Å². The summed E-state index contributed by atoms with van der Waals surface area (Å²) in [6.45, 7) is 3.81. The van der Waals surface area contributed by atoms with Crippen LogP contribution in [0.5, 0.6) is 0 Å². The lowest BCUT2D eigenvalue weighted by molar-refractivity contribution is -0.385. The number of hydrogen-bond acceptors (Lipinski definition) is 3. The normalized spacial score (nSPS) is 9.22. The molecule has 0 radical (unpaired) electrons. The smallest absolute Gasteiger partial charge is 0.272 e. The third-order valence-corrected chi connectivity index (χ3v) is 2.37. The SMILES string of the molecule is CC#CCCNC(=O)c1ccc([N+](=O)[O-])c(C)c1. The van der Waals surface area contributed by atoms with Crippen molar-refractivity contribution in [2.75, 3.05) is 6.54 Å². The lowest BCUT2D eigenvalue weighted by atomic mass is 10.1. The lowest BCUT2D eigenvalue weighted by Gasteiger charge is -2.04. The van der Waals surface area contributed by atoms with Gasteiger partial charge in [-0.25, -0.2) is 0 Å². The number of carbonyl (C=O) groups is 1. The number of amides is 1. The summed E-state index contributed by atoms with van der Waals surface area (Å²) in [5, 5.41) is 13.3. The van der Waals surface area contributed by atoms with Crippen LogP contribution in [0.1, 0.15) is 29.3 Å². The van der Waals surface area contributed by atoms with Crippen LogP contribution in [-0.4, -0.2) is 17.4 Å². The highest BCUT2D eigenvalue weighted by molar-refractivity contribution is 5.94. The van der Waals surface area contributed by atoms with Crippen molar-refractivity contribution in [3.63, 3.8) is 0 Å². The maximum Gasteiger partial charge on any atom is 0.272 e. The minimum Gasteiger partial charge on any atom is -0.351 e. The van der Waals surface area contributed by atoms with E-state index in [9.17, 15) is 14.9 Å². The second-order valence-electron chi connectivity index (χ2n) is 3.69. The molecule has 0 spiro atoms. The maximum atomic E-state index is 11.7. The number of rotatable bonds is 4. The number of nitro benzene ring substituents is 1. The number of hydrogen-bond donors (Lipinski definition) is 1. The van der Waals surface area contributed by atoms with Crippen LogP contribution in [0.2, 0.25) is 0 Å². The van der Waals surface area contributed by atoms with E-state index in [0.717, 1.165) is 0 Å². The van der Waals surface area contributed by atoms with Crippen molar-refractivity contribution in [2.24, 2.45) is 0 Å². The fourth-order valence-electron chi connectivity index (χ4n) is 1.47. The molecule has 5 heteroatoms. The predicted octanol–water partition coefficient (Wildman–Crippen LogP) is 2.05. The quantitative estimate of drug-likeness (QED) is 0.382. The molecule has 0 bridgehead atoms. The summed E-state index contributed by atoms with van der Waals surface area (Å²) in [5.74, 6) is 5.33. The van der Waals surface area contributed by atoms with E-state index in [1.807, 2.05) is 0 Å². The Morgan fingerprint density at radius 3 is 2.78 bits per heavy atom. The van der Waals surface area contributed by atoms with Gasteiger partial charge in [-0.05, 0) is 26.0 Å². The van der Waals surface area contributed by atoms with Crippen LogP contribution >= 0.6 is 0 Å². The highest BCUT2D eigenvalue weighted by Gasteiger charge is 2.13. The van der Waals surface area contributed by atoms with Gasteiger partial charge in [0.05, 0.1) is 4.92 Å². The van der Waals surface area contributed by atoms with Crippen molar-refractivity contribution >= 4 is 11.6 Å². The molecule has 0 aromatic heterocycles. The zero-order chi connectivity index (χ0) is 13.5. The van der Waals surface area contributed by atoms with Gasteiger partial charge in [0.15, 0.2) is 0 Å². The maximum absolute atomic E-state index is 11.7. The average molecular weight is 246 g/mol. The number of nitrogens with one attached hydrogen (secondary N) is 1. The van der Waals surface area contributed by atoms with E-state index in [0.29, 0.717) is 24.1 Å². The fraction of sp³-hybridized carbons (Fsp3) is 0.308. The predicted molar refractivity (Wildman–Crippen MR) is 68.2 cm³/mol. The molecule has 0 unspecified atom stereocenters. The average Bonchev–Trinajstić information content (AvgIpc) is 2.33. The first kappa shape index (κ1) is 13.7. The molecule has 0 aliphatic rings. The molecule has 0 heterocycles. The summed E-state index contributed by atoms with van der Waals surface area (Å²) in [5.41, 5.74) is 0.909. The molecule has 0 saturated heterocycles. The van der Waals surface area contributed by atoms with Crippen LogP contribution in [0.4, 0.5) is 5.69 Å². The summed E-state index contributed by atoms with van der Waals surface area (Å²) in [6, 6.07) is 4.31. The Morgan fingerprint density at radius 1 is 1.50 bits per heavy atom. The minimum absolute atomic E-state index is 0.0170. The molecule has 94 valence electrons. The first-order valence-electron chi connectivity index (χ1n) is 5.49. The van der Waals surface area contributed by atoms with Gasteiger partial charge >= 0.3 is 0 Å². The number of benzene rings is 1. The summed E-state index contributed by atoms with van der Waals surface area (Å²) >= 11 is 0. The molecule has 0 aliphatic carbocycles. The Balaban J connectivity index is 2.71. The fourth-order valence-corrected chi connectivity index (χ4v) is 1.47.